The van der Waals surface area contributed by atoms with E-state index < -0.39 is 16.0 Å². The molecule has 24 heavy (non-hydrogen) atoms. The second-order valence-electron chi connectivity index (χ2n) is 4.95. The van der Waals surface area contributed by atoms with Crippen LogP contribution in [0.5, 0.6) is 0 Å². The first-order valence-corrected chi connectivity index (χ1v) is 8.34. The minimum absolute atomic E-state index is 0.0391. The highest BCUT2D eigenvalue weighted by molar-refractivity contribution is 7.89. The largest absolute Gasteiger partial charge is 0.477 e. The fourth-order valence-corrected chi connectivity index (χ4v) is 3.52. The number of nitrogens with one attached hydrogen (secondary N) is 1. The minimum Gasteiger partial charge on any atom is -0.477 e. The molecule has 0 aliphatic heterocycles. The Bertz CT molecular complexity index is 909. The van der Waals surface area contributed by atoms with Gasteiger partial charge in [-0.3, -0.25) is 0 Å². The van der Waals surface area contributed by atoms with Gasteiger partial charge in [0.05, 0.1) is 11.6 Å². The van der Waals surface area contributed by atoms with Crippen molar-refractivity contribution in [3.63, 3.8) is 0 Å². The molecular weight excluding hydrogens is 330 g/mol. The number of aromatic nitrogens is 1. The minimum atomic E-state index is -3.91. The van der Waals surface area contributed by atoms with E-state index in [0.29, 0.717) is 11.1 Å². The van der Waals surface area contributed by atoms with E-state index in [2.05, 4.69) is 11.6 Å². The van der Waals surface area contributed by atoms with Crippen LogP contribution in [0.4, 0.5) is 0 Å². The maximum Gasteiger partial charge on any atom is 0.352 e. The van der Waals surface area contributed by atoms with Gasteiger partial charge in [0.25, 0.3) is 0 Å². The quantitative estimate of drug-likeness (QED) is 0.745. The van der Waals surface area contributed by atoms with Crippen molar-refractivity contribution in [2.45, 2.75) is 11.4 Å². The van der Waals surface area contributed by atoms with Crippen molar-refractivity contribution < 1.29 is 18.3 Å². The third kappa shape index (κ3) is 3.71. The van der Waals surface area contributed by atoms with Crippen molar-refractivity contribution in [2.24, 2.45) is 0 Å². The number of carboxylic acid groups (broad SMARTS) is 1. The molecule has 0 radical (unpaired) electrons. The molecule has 0 spiro atoms. The molecule has 124 valence electrons. The molecule has 0 amide bonds. The molecule has 1 heterocycles. The number of nitriles is 1. The number of aromatic carboxylic acids is 1. The number of nitrogens with zero attached hydrogens (tertiary/aromatic N) is 2. The zero-order valence-corrected chi connectivity index (χ0v) is 13.5. The molecular formula is C16H15N3O4S. The lowest BCUT2D eigenvalue weighted by molar-refractivity contribution is 0.0691. The van der Waals surface area contributed by atoms with Gasteiger partial charge in [-0.15, -0.1) is 6.58 Å². The van der Waals surface area contributed by atoms with E-state index in [4.69, 9.17) is 10.4 Å². The highest BCUT2D eigenvalue weighted by atomic mass is 32.2. The fourth-order valence-electron chi connectivity index (χ4n) is 2.13. The number of hydrogen-bond acceptors (Lipinski definition) is 4. The molecule has 2 N–H and O–H groups in total. The zero-order chi connectivity index (χ0) is 17.7. The predicted molar refractivity (Wildman–Crippen MR) is 86.7 cm³/mol. The van der Waals surface area contributed by atoms with E-state index in [1.165, 1.54) is 6.08 Å². The Morgan fingerprint density at radius 2 is 2.17 bits per heavy atom. The number of H-pyrrole nitrogens is 1. The van der Waals surface area contributed by atoms with Crippen LogP contribution in [0, 0.1) is 11.3 Å². The van der Waals surface area contributed by atoms with Crippen LogP contribution in [0.2, 0.25) is 0 Å². The molecule has 0 saturated carbocycles. The third-order valence-electron chi connectivity index (χ3n) is 3.27. The normalized spacial score (nSPS) is 11.2. The number of carbonyl (C=O) groups is 1. The zero-order valence-electron chi connectivity index (χ0n) is 12.6. The Labute approximate surface area is 139 Å². The van der Waals surface area contributed by atoms with E-state index in [0.717, 1.165) is 16.6 Å². The molecule has 7 nitrogen and oxygen atoms in total. The Morgan fingerprint density at radius 1 is 1.42 bits per heavy atom. The maximum atomic E-state index is 12.7. The van der Waals surface area contributed by atoms with Crippen LogP contribution in [-0.4, -0.2) is 35.3 Å². The maximum absolute atomic E-state index is 12.7. The van der Waals surface area contributed by atoms with Gasteiger partial charge in [-0.1, -0.05) is 18.2 Å². The van der Waals surface area contributed by atoms with E-state index in [9.17, 15) is 13.2 Å². The summed E-state index contributed by atoms with van der Waals surface area (Å²) in [4.78, 5) is 13.2. The second kappa shape index (κ2) is 7.12. The van der Waals surface area contributed by atoms with Gasteiger partial charge in [-0.2, -0.15) is 9.57 Å². The Hall–Kier alpha value is -2.89. The van der Waals surface area contributed by atoms with Crippen molar-refractivity contribution in [2.75, 3.05) is 6.54 Å². The summed E-state index contributed by atoms with van der Waals surface area (Å²) in [5, 5.41) is 17.8. The second-order valence-corrected chi connectivity index (χ2v) is 6.89. The Morgan fingerprint density at radius 3 is 2.75 bits per heavy atom. The highest BCUT2D eigenvalue weighted by Gasteiger charge is 2.26. The van der Waals surface area contributed by atoms with Gasteiger partial charge in [-0.05, 0) is 23.8 Å². The summed E-state index contributed by atoms with van der Waals surface area (Å²) in [7, 11) is -3.91. The van der Waals surface area contributed by atoms with Crippen LogP contribution in [0.1, 0.15) is 21.6 Å². The molecule has 2 aromatic rings. The molecule has 0 atom stereocenters. The average Bonchev–Trinajstić information content (AvgIpc) is 3.06. The van der Waals surface area contributed by atoms with Crippen molar-refractivity contribution >= 4 is 16.0 Å². The number of carboxylic acids is 1. The molecule has 0 aliphatic rings. The number of benzene rings is 1. The lowest BCUT2D eigenvalue weighted by atomic mass is 10.1. The molecule has 0 bridgehead atoms. The Kier molecular flexibility index (Phi) is 5.18. The first kappa shape index (κ1) is 17.5. The van der Waals surface area contributed by atoms with E-state index >= 15 is 0 Å². The van der Waals surface area contributed by atoms with Gasteiger partial charge < -0.3 is 10.1 Å². The lowest BCUT2D eigenvalue weighted by Gasteiger charge is -2.20. The third-order valence-corrected chi connectivity index (χ3v) is 5.06. The lowest BCUT2D eigenvalue weighted by Crippen LogP contribution is -2.30. The molecule has 0 aliphatic carbocycles. The summed E-state index contributed by atoms with van der Waals surface area (Å²) in [5.41, 5.74) is 0.866. The first-order chi connectivity index (χ1) is 11.4. The number of sulfonamides is 1. The number of aromatic amines is 1. The van der Waals surface area contributed by atoms with Crippen LogP contribution in [0.15, 0.2) is 54.1 Å². The van der Waals surface area contributed by atoms with Crippen LogP contribution in [0.25, 0.3) is 0 Å². The monoisotopic (exact) mass is 345 g/mol. The van der Waals surface area contributed by atoms with Gasteiger partial charge in [0.15, 0.2) is 0 Å². The summed E-state index contributed by atoms with van der Waals surface area (Å²) >= 11 is 0. The predicted octanol–water partition coefficient (Wildman–Crippen LogP) is 1.96. The molecule has 0 fully saturated rings. The van der Waals surface area contributed by atoms with Crippen LogP contribution >= 0.6 is 0 Å². The molecule has 0 unspecified atom stereocenters. The topological polar surface area (TPSA) is 114 Å². The van der Waals surface area contributed by atoms with Crippen LogP contribution in [0.3, 0.4) is 0 Å². The highest BCUT2D eigenvalue weighted by Crippen LogP contribution is 2.20. The van der Waals surface area contributed by atoms with Gasteiger partial charge in [-0.25, -0.2) is 13.2 Å². The first-order valence-electron chi connectivity index (χ1n) is 6.90. The fraction of sp³-hybridized carbons (Fsp3) is 0.125. The molecule has 1 aromatic heterocycles. The van der Waals surface area contributed by atoms with Gasteiger partial charge in [0.1, 0.15) is 10.6 Å². The molecule has 8 heteroatoms. The number of rotatable bonds is 7. The summed E-state index contributed by atoms with van der Waals surface area (Å²) in [6, 6.07) is 9.68. The van der Waals surface area contributed by atoms with Gasteiger partial charge in [0, 0.05) is 19.3 Å². The molecule has 1 aromatic carbocycles. The summed E-state index contributed by atoms with van der Waals surface area (Å²) in [6.45, 7) is 3.64. The van der Waals surface area contributed by atoms with E-state index in [1.54, 1.807) is 24.3 Å². The van der Waals surface area contributed by atoms with Gasteiger partial charge in [0.2, 0.25) is 10.0 Å². The van der Waals surface area contributed by atoms with Crippen molar-refractivity contribution in [1.29, 1.82) is 5.26 Å². The van der Waals surface area contributed by atoms with Crippen molar-refractivity contribution in [1.82, 2.24) is 9.29 Å². The van der Waals surface area contributed by atoms with Crippen molar-refractivity contribution in [3.05, 3.63) is 66.0 Å². The van der Waals surface area contributed by atoms with E-state index in [-0.39, 0.29) is 23.7 Å². The summed E-state index contributed by atoms with van der Waals surface area (Å²) in [5.74, 6) is -1.24. The van der Waals surface area contributed by atoms with E-state index in [1.807, 2.05) is 6.07 Å². The SMILES string of the molecule is C=CCN(Cc1cccc(C#N)c1)S(=O)(=O)c1c[nH]c(C(=O)O)c1. The summed E-state index contributed by atoms with van der Waals surface area (Å²) < 4.78 is 26.6. The smallest absolute Gasteiger partial charge is 0.352 e. The average molecular weight is 345 g/mol. The van der Waals surface area contributed by atoms with Crippen molar-refractivity contribution in [3.8, 4) is 6.07 Å². The number of hydrogen-bond donors (Lipinski definition) is 2. The van der Waals surface area contributed by atoms with Crippen LogP contribution < -0.4 is 0 Å². The standard InChI is InChI=1S/C16H15N3O4S/c1-2-6-19(11-13-5-3-4-12(7-13)9-17)24(22,23)14-8-15(16(20)21)18-10-14/h2-5,7-8,10,18H,1,6,11H2,(H,20,21). The Balaban J connectivity index is 2.35. The summed E-state index contributed by atoms with van der Waals surface area (Å²) in [6.07, 6.45) is 2.58. The van der Waals surface area contributed by atoms with Gasteiger partial charge >= 0.3 is 5.97 Å². The molecule has 2 rings (SSSR count). The van der Waals surface area contributed by atoms with Crippen LogP contribution in [-0.2, 0) is 16.6 Å². The molecule has 0 saturated heterocycles.